The molecule has 2 heterocycles. The van der Waals surface area contributed by atoms with Gasteiger partial charge in [-0.25, -0.2) is 8.42 Å². The Hall–Kier alpha value is -4.78. The lowest BCUT2D eigenvalue weighted by Crippen LogP contribution is -2.25. The van der Waals surface area contributed by atoms with E-state index in [1.165, 1.54) is 22.3 Å². The number of fused-ring (bicyclic) bond motifs is 6. The van der Waals surface area contributed by atoms with Gasteiger partial charge in [0.1, 0.15) is 0 Å². The molecule has 3 aliphatic rings. The molecule has 6 aromatic carbocycles. The first kappa shape index (κ1) is 27.5. The van der Waals surface area contributed by atoms with Crippen molar-refractivity contribution in [1.29, 1.82) is 0 Å². The minimum Gasteiger partial charge on any atom is -0.319 e. The molecule has 1 aliphatic carbocycles. The Kier molecular flexibility index (Phi) is 5.90. The molecule has 46 heavy (non-hydrogen) atoms. The zero-order chi connectivity index (χ0) is 31.2. The minimum absolute atomic E-state index is 0.202. The van der Waals surface area contributed by atoms with Crippen LogP contribution in [0.25, 0.3) is 11.1 Å². The van der Waals surface area contributed by atoms with Gasteiger partial charge in [0.05, 0.1) is 22.0 Å². The largest absolute Gasteiger partial charge is 0.319 e. The highest BCUT2D eigenvalue weighted by Gasteiger charge is 2.46. The molecule has 0 aromatic heterocycles. The van der Waals surface area contributed by atoms with Crippen LogP contribution >= 0.6 is 11.8 Å². The van der Waals surface area contributed by atoms with Gasteiger partial charge in [-0.1, -0.05) is 104 Å². The fourth-order valence-electron chi connectivity index (χ4n) is 7.51. The van der Waals surface area contributed by atoms with Crippen LogP contribution in [0.4, 0.5) is 28.4 Å². The van der Waals surface area contributed by atoms with Gasteiger partial charge in [0, 0.05) is 26.6 Å². The van der Waals surface area contributed by atoms with E-state index < -0.39 is 15.2 Å². The second-order valence-electron chi connectivity index (χ2n) is 12.6. The Morgan fingerprint density at radius 3 is 2.11 bits per heavy atom. The van der Waals surface area contributed by atoms with Crippen LogP contribution in [0.1, 0.15) is 35.9 Å². The van der Waals surface area contributed by atoms with Gasteiger partial charge in [0.15, 0.2) is 5.37 Å². The topological polar surface area (TPSA) is 40.6 Å². The molecule has 6 heteroatoms. The van der Waals surface area contributed by atoms with E-state index >= 15 is 0 Å². The fraction of sp³-hybridized carbons (Fsp3) is 0.100. The van der Waals surface area contributed by atoms with Crippen molar-refractivity contribution in [3.8, 4) is 11.1 Å². The predicted molar refractivity (Wildman–Crippen MR) is 188 cm³/mol. The number of nitrogens with zero attached hydrogens (tertiary/aromatic N) is 2. The highest BCUT2D eigenvalue weighted by atomic mass is 32.2. The van der Waals surface area contributed by atoms with E-state index in [0.29, 0.717) is 10.6 Å². The first-order valence-corrected chi connectivity index (χ1v) is 17.8. The van der Waals surface area contributed by atoms with E-state index in [4.69, 9.17) is 0 Å². The molecular formula is C40H30N2O2S2. The molecule has 0 radical (unpaired) electrons. The molecular weight excluding hydrogens is 605 g/mol. The van der Waals surface area contributed by atoms with Crippen LogP contribution in [0.5, 0.6) is 0 Å². The summed E-state index contributed by atoms with van der Waals surface area (Å²) in [4.78, 5) is 6.82. The SMILES string of the molecule is CC1(C)c2ccccc2-c2ccc(N3c4ccccc4S(=O)(=O)C3c3ccc4c(c3)Sc3ccccc3N4c3ccccc3)cc21. The fourth-order valence-corrected chi connectivity index (χ4v) is 10.6. The van der Waals surface area contributed by atoms with Crippen LogP contribution in [0.2, 0.25) is 0 Å². The number of anilines is 5. The van der Waals surface area contributed by atoms with Gasteiger partial charge in [-0.2, -0.15) is 0 Å². The molecule has 4 nitrogen and oxygen atoms in total. The number of hydrogen-bond acceptors (Lipinski definition) is 5. The molecule has 2 aliphatic heterocycles. The smallest absolute Gasteiger partial charge is 0.206 e. The highest BCUT2D eigenvalue weighted by Crippen LogP contribution is 2.56. The van der Waals surface area contributed by atoms with Crippen molar-refractivity contribution in [2.24, 2.45) is 0 Å². The van der Waals surface area contributed by atoms with Gasteiger partial charge >= 0.3 is 0 Å². The van der Waals surface area contributed by atoms with E-state index in [1.807, 2.05) is 47.4 Å². The summed E-state index contributed by atoms with van der Waals surface area (Å²) in [6.45, 7) is 4.51. The van der Waals surface area contributed by atoms with E-state index in [1.54, 1.807) is 17.8 Å². The van der Waals surface area contributed by atoms with Gasteiger partial charge in [-0.05, 0) is 88.5 Å². The normalized spacial score (nSPS) is 17.9. The van der Waals surface area contributed by atoms with Crippen LogP contribution in [0.15, 0.2) is 154 Å². The summed E-state index contributed by atoms with van der Waals surface area (Å²) in [5.74, 6) is 0. The zero-order valence-corrected chi connectivity index (χ0v) is 27.0. The van der Waals surface area contributed by atoms with Crippen molar-refractivity contribution < 1.29 is 8.42 Å². The molecule has 0 saturated carbocycles. The first-order chi connectivity index (χ1) is 22.3. The maximum Gasteiger partial charge on any atom is 0.206 e. The zero-order valence-electron chi connectivity index (χ0n) is 25.4. The summed E-state index contributed by atoms with van der Waals surface area (Å²) in [5, 5.41) is -0.900. The predicted octanol–water partition coefficient (Wildman–Crippen LogP) is 10.6. The second-order valence-corrected chi connectivity index (χ2v) is 15.7. The third kappa shape index (κ3) is 3.84. The molecule has 6 aromatic rings. The van der Waals surface area contributed by atoms with Crippen LogP contribution in [0.3, 0.4) is 0 Å². The van der Waals surface area contributed by atoms with Gasteiger partial charge < -0.3 is 9.80 Å². The number of sulfone groups is 1. The third-order valence-electron chi connectivity index (χ3n) is 9.66. The van der Waals surface area contributed by atoms with Crippen molar-refractivity contribution in [2.45, 2.75) is 39.3 Å². The Morgan fingerprint density at radius 1 is 0.587 bits per heavy atom. The van der Waals surface area contributed by atoms with Crippen molar-refractivity contribution in [2.75, 3.05) is 9.80 Å². The average molecular weight is 635 g/mol. The van der Waals surface area contributed by atoms with Gasteiger partial charge in [0.2, 0.25) is 9.84 Å². The van der Waals surface area contributed by atoms with Crippen molar-refractivity contribution in [3.05, 3.63) is 156 Å². The van der Waals surface area contributed by atoms with E-state index in [9.17, 15) is 8.42 Å². The summed E-state index contributed by atoms with van der Waals surface area (Å²) in [7, 11) is -3.74. The van der Waals surface area contributed by atoms with Crippen LogP contribution < -0.4 is 9.80 Å². The van der Waals surface area contributed by atoms with Gasteiger partial charge in [-0.3, -0.25) is 0 Å². The van der Waals surface area contributed by atoms with Gasteiger partial charge in [0.25, 0.3) is 0 Å². The lowest BCUT2D eigenvalue weighted by molar-refractivity contribution is 0.589. The molecule has 0 spiro atoms. The Balaban J connectivity index is 1.21. The number of benzene rings is 6. The van der Waals surface area contributed by atoms with E-state index in [-0.39, 0.29) is 5.41 Å². The van der Waals surface area contributed by atoms with Crippen LogP contribution in [-0.2, 0) is 15.3 Å². The van der Waals surface area contributed by atoms with E-state index in [2.05, 4.69) is 110 Å². The Bertz CT molecular complexity index is 2310. The Labute approximate surface area is 273 Å². The lowest BCUT2D eigenvalue weighted by Gasteiger charge is -2.34. The monoisotopic (exact) mass is 634 g/mol. The lowest BCUT2D eigenvalue weighted by atomic mass is 9.82. The van der Waals surface area contributed by atoms with Gasteiger partial charge in [-0.15, -0.1) is 0 Å². The molecule has 0 bridgehead atoms. The maximum absolute atomic E-state index is 14.5. The van der Waals surface area contributed by atoms with Crippen molar-refractivity contribution in [1.82, 2.24) is 0 Å². The average Bonchev–Trinajstić information content (AvgIpc) is 3.46. The number of rotatable bonds is 3. The summed E-state index contributed by atoms with van der Waals surface area (Å²) < 4.78 is 29.0. The van der Waals surface area contributed by atoms with Crippen molar-refractivity contribution in [3.63, 3.8) is 0 Å². The molecule has 1 atom stereocenters. The summed E-state index contributed by atoms with van der Waals surface area (Å²) >= 11 is 1.69. The highest BCUT2D eigenvalue weighted by molar-refractivity contribution is 7.99. The maximum atomic E-state index is 14.5. The van der Waals surface area contributed by atoms with E-state index in [0.717, 1.165) is 38.1 Å². The van der Waals surface area contributed by atoms with Crippen LogP contribution in [0, 0.1) is 0 Å². The quantitative estimate of drug-likeness (QED) is 0.193. The molecule has 0 amide bonds. The van der Waals surface area contributed by atoms with Crippen molar-refractivity contribution >= 4 is 50.0 Å². The summed E-state index contributed by atoms with van der Waals surface area (Å²) in [5.41, 5.74) is 10.3. The number of hydrogen-bond donors (Lipinski definition) is 0. The molecule has 9 rings (SSSR count). The second kappa shape index (κ2) is 9.86. The summed E-state index contributed by atoms with van der Waals surface area (Å²) in [6.07, 6.45) is 0. The molecule has 1 unspecified atom stereocenters. The Morgan fingerprint density at radius 2 is 1.26 bits per heavy atom. The molecule has 0 N–H and O–H groups in total. The number of para-hydroxylation sites is 3. The molecule has 224 valence electrons. The molecule has 0 fully saturated rings. The standard InChI is InChI=1S/C40H30N2O2S2/c1-40(2)31-15-7-6-14-29(31)30-22-21-28(25-32(30)40)42-35-17-9-11-19-38(35)46(43,44)39(42)26-20-23-34-37(24-26)45-36-18-10-8-16-33(36)41(34)27-12-4-3-5-13-27/h3-25,39H,1-2H3. The summed E-state index contributed by atoms with van der Waals surface area (Å²) in [6, 6.07) is 47.3. The molecule has 0 saturated heterocycles. The first-order valence-electron chi connectivity index (χ1n) is 15.5. The minimum atomic E-state index is -3.74. The third-order valence-corrected chi connectivity index (χ3v) is 12.8. The van der Waals surface area contributed by atoms with Crippen LogP contribution in [-0.4, -0.2) is 8.42 Å².